The topological polar surface area (TPSA) is 33.1 Å². The minimum Gasteiger partial charge on any atom is -0.356 e. The largest absolute Gasteiger partial charge is 0.356 e. The first kappa shape index (κ1) is 11.5. The summed E-state index contributed by atoms with van der Waals surface area (Å²) in [5.74, 6) is 1.82. The highest BCUT2D eigenvalue weighted by molar-refractivity contribution is 5.25. The predicted octanol–water partition coefficient (Wildman–Crippen LogP) is 1.66. The van der Waals surface area contributed by atoms with E-state index >= 15 is 0 Å². The van der Waals surface area contributed by atoms with Gasteiger partial charge in [0.2, 0.25) is 5.95 Å². The van der Waals surface area contributed by atoms with Crippen LogP contribution in [0.2, 0.25) is 0 Å². The van der Waals surface area contributed by atoms with Gasteiger partial charge in [-0.15, -0.1) is 0 Å². The number of hydrogen-bond acceptors (Lipinski definition) is 3. The number of likely N-dealkylation sites (tertiary alicyclic amines) is 1. The molecule has 0 aliphatic carbocycles. The highest BCUT2D eigenvalue weighted by atomic mass is 15.2. The second kappa shape index (κ2) is 5.34. The lowest BCUT2D eigenvalue weighted by atomic mass is 9.97. The molecule has 1 saturated heterocycles. The SMILES string of the molecule is CCNc1nccn1CC1CCN(C)CC1. The average molecular weight is 222 g/mol. The molecule has 1 aromatic heterocycles. The number of anilines is 1. The van der Waals surface area contributed by atoms with Gasteiger partial charge in [0, 0.05) is 25.5 Å². The van der Waals surface area contributed by atoms with E-state index in [-0.39, 0.29) is 0 Å². The summed E-state index contributed by atoms with van der Waals surface area (Å²) >= 11 is 0. The summed E-state index contributed by atoms with van der Waals surface area (Å²) in [6.45, 7) is 6.61. The Morgan fingerprint density at radius 1 is 1.44 bits per heavy atom. The highest BCUT2D eigenvalue weighted by Gasteiger charge is 2.17. The molecule has 0 atom stereocenters. The third-order valence-electron chi connectivity index (χ3n) is 3.34. The zero-order valence-corrected chi connectivity index (χ0v) is 10.3. The van der Waals surface area contributed by atoms with Crippen LogP contribution in [0.1, 0.15) is 19.8 Å². The minimum absolute atomic E-state index is 0.808. The maximum absolute atomic E-state index is 4.33. The van der Waals surface area contributed by atoms with Gasteiger partial charge < -0.3 is 14.8 Å². The molecular formula is C12H22N4. The molecule has 0 unspecified atom stereocenters. The first-order valence-electron chi connectivity index (χ1n) is 6.23. The fraction of sp³-hybridized carbons (Fsp3) is 0.750. The Kier molecular flexibility index (Phi) is 3.83. The smallest absolute Gasteiger partial charge is 0.202 e. The van der Waals surface area contributed by atoms with Gasteiger partial charge in [-0.2, -0.15) is 0 Å². The van der Waals surface area contributed by atoms with E-state index in [0.717, 1.165) is 25.0 Å². The van der Waals surface area contributed by atoms with Gasteiger partial charge in [0.15, 0.2) is 0 Å². The average Bonchev–Trinajstić information content (AvgIpc) is 2.70. The van der Waals surface area contributed by atoms with Crippen molar-refractivity contribution < 1.29 is 0 Å². The maximum Gasteiger partial charge on any atom is 0.202 e. The van der Waals surface area contributed by atoms with Crippen LogP contribution in [0.5, 0.6) is 0 Å². The molecule has 4 nitrogen and oxygen atoms in total. The lowest BCUT2D eigenvalue weighted by molar-refractivity contribution is 0.205. The van der Waals surface area contributed by atoms with E-state index in [1.165, 1.54) is 25.9 Å². The molecule has 1 fully saturated rings. The molecule has 0 saturated carbocycles. The molecule has 90 valence electrons. The standard InChI is InChI=1S/C12H22N4/c1-3-13-12-14-6-9-16(12)10-11-4-7-15(2)8-5-11/h6,9,11H,3-5,7-8,10H2,1-2H3,(H,13,14). The number of hydrogen-bond donors (Lipinski definition) is 1. The molecule has 2 rings (SSSR count). The molecule has 0 aromatic carbocycles. The fourth-order valence-corrected chi connectivity index (χ4v) is 2.30. The van der Waals surface area contributed by atoms with Crippen LogP contribution < -0.4 is 5.32 Å². The Bertz CT molecular complexity index is 313. The summed E-state index contributed by atoms with van der Waals surface area (Å²) in [4.78, 5) is 6.74. The molecule has 1 aliphatic heterocycles. The zero-order valence-electron chi connectivity index (χ0n) is 10.3. The molecule has 2 heterocycles. The van der Waals surface area contributed by atoms with Crippen LogP contribution in [0.15, 0.2) is 12.4 Å². The second-order valence-corrected chi connectivity index (χ2v) is 4.68. The van der Waals surface area contributed by atoms with Crippen LogP contribution in [0.25, 0.3) is 0 Å². The lowest BCUT2D eigenvalue weighted by Crippen LogP contribution is -2.32. The Hall–Kier alpha value is -1.03. The molecule has 1 aromatic rings. The van der Waals surface area contributed by atoms with Crippen molar-refractivity contribution in [2.45, 2.75) is 26.3 Å². The summed E-state index contributed by atoms with van der Waals surface area (Å²) < 4.78 is 2.25. The van der Waals surface area contributed by atoms with E-state index in [1.807, 2.05) is 6.20 Å². The summed E-state index contributed by atoms with van der Waals surface area (Å²) in [6.07, 6.45) is 6.57. The first-order valence-corrected chi connectivity index (χ1v) is 6.23. The van der Waals surface area contributed by atoms with Gasteiger partial charge >= 0.3 is 0 Å². The monoisotopic (exact) mass is 222 g/mol. The van der Waals surface area contributed by atoms with Crippen LogP contribution in [0.4, 0.5) is 5.95 Å². The van der Waals surface area contributed by atoms with Gasteiger partial charge in [-0.3, -0.25) is 0 Å². The van der Waals surface area contributed by atoms with Crippen molar-refractivity contribution in [1.29, 1.82) is 0 Å². The Labute approximate surface area is 97.7 Å². The van der Waals surface area contributed by atoms with Crippen molar-refractivity contribution in [2.24, 2.45) is 5.92 Å². The molecule has 0 radical (unpaired) electrons. The van der Waals surface area contributed by atoms with Crippen LogP contribution in [-0.2, 0) is 6.54 Å². The highest BCUT2D eigenvalue weighted by Crippen LogP contribution is 2.19. The molecule has 0 spiro atoms. The number of rotatable bonds is 4. The van der Waals surface area contributed by atoms with Crippen LogP contribution in [0, 0.1) is 5.92 Å². The van der Waals surface area contributed by atoms with E-state index in [1.54, 1.807) is 0 Å². The van der Waals surface area contributed by atoms with Crippen LogP contribution in [0.3, 0.4) is 0 Å². The number of nitrogens with zero attached hydrogens (tertiary/aromatic N) is 3. The zero-order chi connectivity index (χ0) is 11.4. The van der Waals surface area contributed by atoms with Crippen molar-refractivity contribution >= 4 is 5.95 Å². The van der Waals surface area contributed by atoms with Gasteiger partial charge in [0.25, 0.3) is 0 Å². The Balaban J connectivity index is 1.90. The van der Waals surface area contributed by atoms with E-state index < -0.39 is 0 Å². The molecule has 4 heteroatoms. The van der Waals surface area contributed by atoms with E-state index in [2.05, 4.69) is 39.9 Å². The molecule has 0 bridgehead atoms. The fourth-order valence-electron chi connectivity index (χ4n) is 2.30. The van der Waals surface area contributed by atoms with Crippen molar-refractivity contribution in [3.8, 4) is 0 Å². The third-order valence-corrected chi connectivity index (χ3v) is 3.34. The van der Waals surface area contributed by atoms with Gasteiger partial charge in [0.05, 0.1) is 0 Å². The Morgan fingerprint density at radius 3 is 2.88 bits per heavy atom. The second-order valence-electron chi connectivity index (χ2n) is 4.68. The number of piperidine rings is 1. The van der Waals surface area contributed by atoms with Gasteiger partial charge in [0.1, 0.15) is 0 Å². The normalized spacial score (nSPS) is 18.9. The molecule has 16 heavy (non-hydrogen) atoms. The van der Waals surface area contributed by atoms with Crippen molar-refractivity contribution in [3.63, 3.8) is 0 Å². The maximum atomic E-state index is 4.33. The van der Waals surface area contributed by atoms with Gasteiger partial charge in [-0.25, -0.2) is 4.98 Å². The summed E-state index contributed by atoms with van der Waals surface area (Å²) in [5.41, 5.74) is 0. The van der Waals surface area contributed by atoms with E-state index in [4.69, 9.17) is 0 Å². The number of aromatic nitrogens is 2. The van der Waals surface area contributed by atoms with Crippen molar-refractivity contribution in [1.82, 2.24) is 14.5 Å². The number of nitrogens with one attached hydrogen (secondary N) is 1. The Morgan fingerprint density at radius 2 is 2.19 bits per heavy atom. The summed E-state index contributed by atoms with van der Waals surface area (Å²) in [6, 6.07) is 0. The predicted molar refractivity (Wildman–Crippen MR) is 66.6 cm³/mol. The lowest BCUT2D eigenvalue weighted by Gasteiger charge is -2.29. The molecule has 1 N–H and O–H groups in total. The van der Waals surface area contributed by atoms with E-state index in [9.17, 15) is 0 Å². The molecule has 1 aliphatic rings. The van der Waals surface area contributed by atoms with Crippen LogP contribution >= 0.6 is 0 Å². The summed E-state index contributed by atoms with van der Waals surface area (Å²) in [7, 11) is 2.21. The molecule has 0 amide bonds. The van der Waals surface area contributed by atoms with Crippen LogP contribution in [-0.4, -0.2) is 41.1 Å². The van der Waals surface area contributed by atoms with E-state index in [0.29, 0.717) is 0 Å². The van der Waals surface area contributed by atoms with Crippen molar-refractivity contribution in [3.05, 3.63) is 12.4 Å². The van der Waals surface area contributed by atoms with Gasteiger partial charge in [-0.05, 0) is 45.8 Å². The van der Waals surface area contributed by atoms with Crippen molar-refractivity contribution in [2.75, 3.05) is 32.0 Å². The number of imidazole rings is 1. The summed E-state index contributed by atoms with van der Waals surface area (Å²) in [5, 5.41) is 3.30. The van der Waals surface area contributed by atoms with Gasteiger partial charge in [-0.1, -0.05) is 0 Å². The quantitative estimate of drug-likeness (QED) is 0.841. The minimum atomic E-state index is 0.808. The third kappa shape index (κ3) is 2.76. The molecular weight excluding hydrogens is 200 g/mol. The first-order chi connectivity index (χ1) is 7.79.